The standard InChI is InChI=1S/C11H10IN3O2S/c12-9-3-1-2-4-10(9)15-18(16,17)8-5-6-14-11(13)7-8/h1-7,15H,(H2,13,14). The molecule has 0 fully saturated rings. The summed E-state index contributed by atoms with van der Waals surface area (Å²) >= 11 is 2.06. The highest BCUT2D eigenvalue weighted by Gasteiger charge is 2.15. The maximum atomic E-state index is 12.1. The summed E-state index contributed by atoms with van der Waals surface area (Å²) in [4.78, 5) is 3.85. The average molecular weight is 375 g/mol. The van der Waals surface area contributed by atoms with Crippen molar-refractivity contribution in [1.29, 1.82) is 0 Å². The van der Waals surface area contributed by atoms with E-state index < -0.39 is 10.0 Å². The van der Waals surface area contributed by atoms with Gasteiger partial charge in [-0.3, -0.25) is 4.72 Å². The molecule has 1 aromatic heterocycles. The van der Waals surface area contributed by atoms with Gasteiger partial charge in [0.2, 0.25) is 0 Å². The molecule has 0 aliphatic rings. The lowest BCUT2D eigenvalue weighted by Crippen LogP contribution is -2.14. The van der Waals surface area contributed by atoms with Gasteiger partial charge < -0.3 is 5.73 Å². The SMILES string of the molecule is Nc1cc(S(=O)(=O)Nc2ccccc2I)ccn1. The summed E-state index contributed by atoms with van der Waals surface area (Å²) in [5, 5.41) is 0. The van der Waals surface area contributed by atoms with Crippen LogP contribution in [0.25, 0.3) is 0 Å². The molecule has 1 aromatic carbocycles. The van der Waals surface area contributed by atoms with Gasteiger partial charge in [0, 0.05) is 15.8 Å². The number of nitrogens with two attached hydrogens (primary N) is 1. The fraction of sp³-hybridized carbons (Fsp3) is 0. The molecule has 0 amide bonds. The monoisotopic (exact) mass is 375 g/mol. The Morgan fingerprint density at radius 1 is 1.22 bits per heavy atom. The largest absolute Gasteiger partial charge is 0.384 e. The van der Waals surface area contributed by atoms with E-state index in [4.69, 9.17) is 5.73 Å². The maximum absolute atomic E-state index is 12.1. The van der Waals surface area contributed by atoms with Crippen LogP contribution in [0.3, 0.4) is 0 Å². The minimum atomic E-state index is -3.63. The number of nitrogens with zero attached hydrogens (tertiary/aromatic N) is 1. The van der Waals surface area contributed by atoms with Gasteiger partial charge in [0.1, 0.15) is 5.82 Å². The molecule has 94 valence electrons. The molecule has 0 atom stereocenters. The summed E-state index contributed by atoms with van der Waals surface area (Å²) in [6.45, 7) is 0. The first-order valence-corrected chi connectivity index (χ1v) is 7.54. The molecule has 1 heterocycles. The molecule has 0 unspecified atom stereocenters. The number of nitrogens with one attached hydrogen (secondary N) is 1. The molecule has 7 heteroatoms. The van der Waals surface area contributed by atoms with E-state index in [1.54, 1.807) is 12.1 Å². The molecular formula is C11H10IN3O2S. The van der Waals surface area contributed by atoms with Crippen LogP contribution in [0, 0.1) is 3.57 Å². The number of para-hydroxylation sites is 1. The normalized spacial score (nSPS) is 11.2. The number of hydrogen-bond donors (Lipinski definition) is 2. The number of pyridine rings is 1. The quantitative estimate of drug-likeness (QED) is 0.805. The van der Waals surface area contributed by atoms with Gasteiger partial charge in [0.05, 0.1) is 10.6 Å². The Labute approximate surface area is 119 Å². The minimum absolute atomic E-state index is 0.0923. The Kier molecular flexibility index (Phi) is 3.71. The second kappa shape index (κ2) is 5.11. The van der Waals surface area contributed by atoms with Crippen molar-refractivity contribution in [3.63, 3.8) is 0 Å². The van der Waals surface area contributed by atoms with Crippen molar-refractivity contribution in [3.8, 4) is 0 Å². The van der Waals surface area contributed by atoms with Gasteiger partial charge in [0.25, 0.3) is 10.0 Å². The smallest absolute Gasteiger partial charge is 0.262 e. The molecule has 0 spiro atoms. The number of rotatable bonds is 3. The third kappa shape index (κ3) is 2.91. The zero-order chi connectivity index (χ0) is 13.2. The van der Waals surface area contributed by atoms with Gasteiger partial charge in [-0.25, -0.2) is 13.4 Å². The van der Waals surface area contributed by atoms with E-state index in [-0.39, 0.29) is 10.7 Å². The molecule has 2 aromatic rings. The summed E-state index contributed by atoms with van der Waals surface area (Å²) in [6.07, 6.45) is 1.36. The van der Waals surface area contributed by atoms with Crippen LogP contribution in [0.15, 0.2) is 47.5 Å². The van der Waals surface area contributed by atoms with E-state index in [1.165, 1.54) is 18.3 Å². The first-order chi connectivity index (χ1) is 8.49. The van der Waals surface area contributed by atoms with Crippen LogP contribution in [0.5, 0.6) is 0 Å². The van der Waals surface area contributed by atoms with Gasteiger partial charge in [-0.05, 0) is 40.8 Å². The van der Waals surface area contributed by atoms with Gasteiger partial charge in [-0.1, -0.05) is 12.1 Å². The lowest BCUT2D eigenvalue weighted by Gasteiger charge is -2.09. The fourth-order valence-corrected chi connectivity index (χ4v) is 3.15. The molecule has 5 nitrogen and oxygen atoms in total. The van der Waals surface area contributed by atoms with Crippen LogP contribution >= 0.6 is 22.6 Å². The zero-order valence-corrected chi connectivity index (χ0v) is 12.1. The topological polar surface area (TPSA) is 85.1 Å². The Hall–Kier alpha value is -1.35. The van der Waals surface area contributed by atoms with Crippen molar-refractivity contribution in [1.82, 2.24) is 4.98 Å². The molecular weight excluding hydrogens is 365 g/mol. The minimum Gasteiger partial charge on any atom is -0.384 e. The fourth-order valence-electron chi connectivity index (χ4n) is 1.34. The van der Waals surface area contributed by atoms with E-state index in [0.29, 0.717) is 5.69 Å². The van der Waals surface area contributed by atoms with E-state index in [2.05, 4.69) is 32.3 Å². The third-order valence-electron chi connectivity index (χ3n) is 2.18. The Morgan fingerprint density at radius 2 is 1.94 bits per heavy atom. The summed E-state index contributed by atoms with van der Waals surface area (Å²) in [5.41, 5.74) is 6.01. The Balaban J connectivity index is 2.37. The number of hydrogen-bond acceptors (Lipinski definition) is 4. The van der Waals surface area contributed by atoms with Gasteiger partial charge in [-0.2, -0.15) is 0 Å². The van der Waals surface area contributed by atoms with E-state index in [9.17, 15) is 8.42 Å². The Bertz CT molecular complexity index is 673. The van der Waals surface area contributed by atoms with E-state index in [0.717, 1.165) is 3.57 Å². The third-order valence-corrected chi connectivity index (χ3v) is 4.48. The summed E-state index contributed by atoms with van der Waals surface area (Å²) in [6, 6.07) is 9.83. The summed E-state index contributed by atoms with van der Waals surface area (Å²) < 4.78 is 27.5. The highest BCUT2D eigenvalue weighted by molar-refractivity contribution is 14.1. The van der Waals surface area contributed by atoms with Crippen LogP contribution in [0.4, 0.5) is 11.5 Å². The van der Waals surface area contributed by atoms with Crippen molar-refractivity contribution in [2.45, 2.75) is 4.90 Å². The molecule has 0 saturated heterocycles. The molecule has 3 N–H and O–H groups in total. The van der Waals surface area contributed by atoms with Crippen molar-refractivity contribution in [2.24, 2.45) is 0 Å². The number of anilines is 2. The van der Waals surface area contributed by atoms with Crippen LogP contribution in [-0.2, 0) is 10.0 Å². The van der Waals surface area contributed by atoms with Gasteiger partial charge in [-0.15, -0.1) is 0 Å². The number of halogens is 1. The lowest BCUT2D eigenvalue weighted by atomic mass is 10.3. The zero-order valence-electron chi connectivity index (χ0n) is 9.17. The molecule has 0 aliphatic carbocycles. The van der Waals surface area contributed by atoms with Crippen LogP contribution < -0.4 is 10.5 Å². The second-order valence-corrected chi connectivity index (χ2v) is 6.35. The Morgan fingerprint density at radius 3 is 2.61 bits per heavy atom. The molecule has 0 aliphatic heterocycles. The van der Waals surface area contributed by atoms with Gasteiger partial charge in [0.15, 0.2) is 0 Å². The predicted molar refractivity (Wildman–Crippen MR) is 78.6 cm³/mol. The maximum Gasteiger partial charge on any atom is 0.262 e. The first-order valence-electron chi connectivity index (χ1n) is 4.98. The van der Waals surface area contributed by atoms with Crippen molar-refractivity contribution in [3.05, 3.63) is 46.2 Å². The molecule has 0 saturated carbocycles. The lowest BCUT2D eigenvalue weighted by molar-refractivity contribution is 0.601. The molecule has 0 bridgehead atoms. The number of benzene rings is 1. The second-order valence-electron chi connectivity index (χ2n) is 3.50. The van der Waals surface area contributed by atoms with Crippen molar-refractivity contribution >= 4 is 44.1 Å². The van der Waals surface area contributed by atoms with Crippen LogP contribution in [-0.4, -0.2) is 13.4 Å². The van der Waals surface area contributed by atoms with Gasteiger partial charge >= 0.3 is 0 Å². The first kappa shape index (κ1) is 13.1. The number of sulfonamides is 1. The molecule has 18 heavy (non-hydrogen) atoms. The summed E-state index contributed by atoms with van der Waals surface area (Å²) in [5.74, 6) is 0.167. The molecule has 0 radical (unpaired) electrons. The summed E-state index contributed by atoms with van der Waals surface area (Å²) in [7, 11) is -3.63. The van der Waals surface area contributed by atoms with E-state index >= 15 is 0 Å². The van der Waals surface area contributed by atoms with Crippen LogP contribution in [0.1, 0.15) is 0 Å². The predicted octanol–water partition coefficient (Wildman–Crippen LogP) is 2.07. The highest BCUT2D eigenvalue weighted by atomic mass is 127. The van der Waals surface area contributed by atoms with Crippen molar-refractivity contribution in [2.75, 3.05) is 10.5 Å². The number of nitrogen functional groups attached to an aromatic ring is 1. The van der Waals surface area contributed by atoms with Crippen molar-refractivity contribution < 1.29 is 8.42 Å². The average Bonchev–Trinajstić information content (AvgIpc) is 2.32. The van der Waals surface area contributed by atoms with Crippen LogP contribution in [0.2, 0.25) is 0 Å². The highest BCUT2D eigenvalue weighted by Crippen LogP contribution is 2.21. The molecule has 2 rings (SSSR count). The van der Waals surface area contributed by atoms with E-state index in [1.807, 2.05) is 12.1 Å². The number of aromatic nitrogens is 1.